The summed E-state index contributed by atoms with van der Waals surface area (Å²) in [5.74, 6) is 0. The molecule has 10 aromatic carbocycles. The Hall–Kier alpha value is -8.13. The second-order valence-electron chi connectivity index (χ2n) is 14.2. The van der Waals surface area contributed by atoms with E-state index in [1.807, 2.05) is 140 Å². The van der Waals surface area contributed by atoms with Crippen LogP contribution in [0.4, 0.5) is 34.1 Å². The van der Waals surface area contributed by atoms with Crippen molar-refractivity contribution in [3.8, 4) is 11.8 Å². The van der Waals surface area contributed by atoms with Gasteiger partial charge >= 0.3 is 0 Å². The molecule has 0 radical (unpaired) electrons. The molecule has 0 unspecified atom stereocenters. The van der Waals surface area contributed by atoms with Crippen molar-refractivity contribution >= 4 is 88.2 Å². The number of anilines is 6. The molecule has 0 fully saturated rings. The van der Waals surface area contributed by atoms with Crippen molar-refractivity contribution in [3.63, 3.8) is 0 Å². The number of benzene rings is 10. The Bertz CT molecular complexity index is 3940. The maximum Gasteiger partial charge on any atom is 0.0991 e. The fraction of sp³-hybridized carbons (Fsp3) is 0. The third-order valence-electron chi connectivity index (χ3n) is 10.9. The first-order chi connectivity index (χ1) is 33.4. The van der Waals surface area contributed by atoms with Crippen LogP contribution in [-0.4, -0.2) is 4.57 Å². The molecule has 0 atom stereocenters. The van der Waals surface area contributed by atoms with Gasteiger partial charge in [0.15, 0.2) is 0 Å². The number of hydrogen-bond donors (Lipinski definition) is 0. The summed E-state index contributed by atoms with van der Waals surface area (Å²) in [5.41, 5.74) is 5.06. The number of nitrogens with zero attached hydrogens (tertiary/aromatic N) is 4. The molecule has 59 heavy (non-hydrogen) atoms. The average Bonchev–Trinajstić information content (AvgIpc) is 3.69. The predicted octanol–water partition coefficient (Wildman–Crippen LogP) is 15.1. The summed E-state index contributed by atoms with van der Waals surface area (Å²) in [6.45, 7) is 0. The fourth-order valence-electron chi connectivity index (χ4n) is 8.27. The van der Waals surface area contributed by atoms with Crippen molar-refractivity contribution in [2.45, 2.75) is 0 Å². The molecule has 11 rings (SSSR count). The molecule has 0 aliphatic carbocycles. The summed E-state index contributed by atoms with van der Waals surface area (Å²) in [4.78, 5) is 3.46. The molecule has 0 aliphatic heterocycles. The first-order valence-corrected chi connectivity index (χ1v) is 19.1. The van der Waals surface area contributed by atoms with Crippen molar-refractivity contribution < 1.29 is 13.7 Å². The number of rotatable bonds is 7. The molecular weight excluding hydrogens is 717 g/mol. The number of hydrogen-bond acceptors (Lipinski definition) is 3. The van der Waals surface area contributed by atoms with Gasteiger partial charge in [0.25, 0.3) is 0 Å². The summed E-state index contributed by atoms with van der Waals surface area (Å²) in [5, 5.41) is 16.6. The topological polar surface area (TPSA) is 35.2 Å². The highest BCUT2D eigenvalue weighted by atomic mass is 15.2. The first-order valence-electron chi connectivity index (χ1n) is 24.1. The molecule has 276 valence electrons. The average molecular weight is 763 g/mol. The maximum absolute atomic E-state index is 9.79. The molecule has 0 saturated carbocycles. The normalized spacial score (nSPS) is 13.7. The van der Waals surface area contributed by atoms with Gasteiger partial charge in [0.2, 0.25) is 0 Å². The highest BCUT2D eigenvalue weighted by Gasteiger charge is 2.21. The van der Waals surface area contributed by atoms with Gasteiger partial charge in [-0.15, -0.1) is 0 Å². The highest BCUT2D eigenvalue weighted by Crippen LogP contribution is 2.44. The summed E-state index contributed by atoms with van der Waals surface area (Å²) >= 11 is 0. The molecule has 0 saturated heterocycles. The van der Waals surface area contributed by atoms with Gasteiger partial charge in [0.05, 0.1) is 47.7 Å². The molecule has 0 bridgehead atoms. The summed E-state index contributed by atoms with van der Waals surface area (Å²) in [6, 6.07) is 47.9. The lowest BCUT2D eigenvalue weighted by atomic mass is 10.0. The molecule has 0 N–H and O–H groups in total. The van der Waals surface area contributed by atoms with Crippen LogP contribution in [0.1, 0.15) is 19.3 Å². The van der Waals surface area contributed by atoms with Crippen molar-refractivity contribution in [2.24, 2.45) is 0 Å². The SMILES string of the molecule is [2H]c1c([2H])c([2H])c(N(c2ccc3cc4c5ccc(N(c6c([2H])c([2H])c([2H])c([2H])c6[2H])c6cccc7ccccc67)cc5n(-c5ccc(C#N)cc5)c4cc3c2)c2cccc3ccccc23)c([2H])c1[2H]. The van der Waals surface area contributed by atoms with Crippen LogP contribution in [0.2, 0.25) is 0 Å². The van der Waals surface area contributed by atoms with Crippen molar-refractivity contribution in [3.05, 3.63) is 224 Å². The standard InChI is InChI=1S/C55H36N4/c56-37-38-25-28-45(29-26-38)59-54-35-42-33-46(57(43-17-3-1-4-18-43)52-23-11-15-39-13-7-9-21-48(39)52)30-27-41(42)34-51(54)50-32-31-47(36-55(50)59)58(44-19-5-2-6-20-44)53-24-12-16-40-14-8-10-22-49(40)53/h1-36H/i1D,2D,3D,4D,5D,6D,17D,18D,19D,20D. The maximum atomic E-state index is 9.79. The quantitative estimate of drug-likeness (QED) is 0.162. The minimum atomic E-state index is -0.494. The van der Waals surface area contributed by atoms with Crippen LogP contribution >= 0.6 is 0 Å². The number of aromatic nitrogens is 1. The van der Waals surface area contributed by atoms with Gasteiger partial charge in [-0.25, -0.2) is 0 Å². The van der Waals surface area contributed by atoms with Crippen molar-refractivity contribution in [2.75, 3.05) is 9.80 Å². The second-order valence-corrected chi connectivity index (χ2v) is 14.2. The second kappa shape index (κ2) is 14.1. The number of fused-ring (bicyclic) bond motifs is 6. The Morgan fingerprint density at radius 1 is 0.407 bits per heavy atom. The Morgan fingerprint density at radius 2 is 0.949 bits per heavy atom. The van der Waals surface area contributed by atoms with Gasteiger partial charge in [-0.3, -0.25) is 0 Å². The van der Waals surface area contributed by atoms with Gasteiger partial charge in [-0.05, 0) is 119 Å². The Morgan fingerprint density at radius 3 is 1.56 bits per heavy atom. The molecule has 4 nitrogen and oxygen atoms in total. The predicted molar refractivity (Wildman–Crippen MR) is 247 cm³/mol. The lowest BCUT2D eigenvalue weighted by Crippen LogP contribution is -2.10. The van der Waals surface area contributed by atoms with E-state index >= 15 is 0 Å². The Labute approximate surface area is 356 Å². The van der Waals surface area contributed by atoms with Crippen LogP contribution in [0.15, 0.2) is 218 Å². The smallest absolute Gasteiger partial charge is 0.0991 e. The number of para-hydroxylation sites is 2. The van der Waals surface area contributed by atoms with E-state index in [4.69, 9.17) is 11.0 Å². The van der Waals surface area contributed by atoms with E-state index in [2.05, 4.69) is 16.7 Å². The van der Waals surface area contributed by atoms with Crippen LogP contribution in [-0.2, 0) is 0 Å². The van der Waals surface area contributed by atoms with E-state index in [1.54, 1.807) is 21.9 Å². The zero-order valence-corrected chi connectivity index (χ0v) is 31.3. The number of nitriles is 1. The summed E-state index contributed by atoms with van der Waals surface area (Å²) in [6.07, 6.45) is 0. The van der Waals surface area contributed by atoms with Crippen LogP contribution in [0.25, 0.3) is 59.8 Å². The van der Waals surface area contributed by atoms with E-state index in [-0.39, 0.29) is 35.5 Å². The van der Waals surface area contributed by atoms with Gasteiger partial charge in [-0.1, -0.05) is 121 Å². The highest BCUT2D eigenvalue weighted by molar-refractivity contribution is 6.15. The van der Waals surface area contributed by atoms with E-state index < -0.39 is 36.3 Å². The molecule has 0 amide bonds. The molecular formula is C55H36N4. The molecule has 1 heterocycles. The molecule has 4 heteroatoms. The van der Waals surface area contributed by atoms with Crippen LogP contribution in [0.5, 0.6) is 0 Å². The molecule has 1 aromatic heterocycles. The van der Waals surface area contributed by atoms with Gasteiger partial charge in [-0.2, -0.15) is 5.26 Å². The van der Waals surface area contributed by atoms with E-state index in [9.17, 15) is 8.00 Å². The zero-order valence-electron chi connectivity index (χ0n) is 41.3. The Kier molecular flexibility index (Phi) is 6.02. The molecule has 11 aromatic rings. The monoisotopic (exact) mass is 762 g/mol. The van der Waals surface area contributed by atoms with Crippen molar-refractivity contribution in [1.29, 1.82) is 5.26 Å². The Balaban J connectivity index is 1.20. The van der Waals surface area contributed by atoms with Gasteiger partial charge < -0.3 is 14.4 Å². The van der Waals surface area contributed by atoms with Crippen LogP contribution in [0.3, 0.4) is 0 Å². The lowest BCUT2D eigenvalue weighted by Gasteiger charge is -2.27. The minimum Gasteiger partial charge on any atom is -0.310 e. The van der Waals surface area contributed by atoms with Gasteiger partial charge in [0.1, 0.15) is 0 Å². The van der Waals surface area contributed by atoms with Crippen LogP contribution in [0, 0.1) is 11.3 Å². The van der Waals surface area contributed by atoms with Crippen LogP contribution < -0.4 is 9.80 Å². The molecule has 0 spiro atoms. The zero-order chi connectivity index (χ0) is 48.0. The van der Waals surface area contributed by atoms with E-state index in [0.717, 1.165) is 59.8 Å². The summed E-state index contributed by atoms with van der Waals surface area (Å²) < 4.78 is 90.1. The summed E-state index contributed by atoms with van der Waals surface area (Å²) in [7, 11) is 0. The largest absolute Gasteiger partial charge is 0.310 e. The van der Waals surface area contributed by atoms with Crippen molar-refractivity contribution in [1.82, 2.24) is 4.57 Å². The fourth-order valence-corrected chi connectivity index (χ4v) is 8.27. The lowest BCUT2D eigenvalue weighted by molar-refractivity contribution is 1.18. The van der Waals surface area contributed by atoms with E-state index in [0.29, 0.717) is 28.3 Å². The van der Waals surface area contributed by atoms with Gasteiger partial charge in [0, 0.05) is 50.0 Å². The third-order valence-corrected chi connectivity index (χ3v) is 10.9. The third kappa shape index (κ3) is 5.84. The first kappa shape index (κ1) is 25.2. The van der Waals surface area contributed by atoms with E-state index in [1.165, 1.54) is 0 Å². The minimum absolute atomic E-state index is 0.00636. The molecule has 0 aliphatic rings.